The minimum atomic E-state index is -0.782. The predicted octanol–water partition coefficient (Wildman–Crippen LogP) is 3.39. The average molecular weight is 302 g/mol. The monoisotopic (exact) mass is 302 g/mol. The van der Waals surface area contributed by atoms with Gasteiger partial charge in [0, 0.05) is 5.69 Å². The second-order valence-corrected chi connectivity index (χ2v) is 7.65. The largest absolute Gasteiger partial charge is 0.363 e. The molecule has 0 aliphatic rings. The van der Waals surface area contributed by atoms with Crippen LogP contribution in [0.1, 0.15) is 53.6 Å². The van der Waals surface area contributed by atoms with Gasteiger partial charge in [0.1, 0.15) is 23.5 Å². The second kappa shape index (κ2) is 5.76. The van der Waals surface area contributed by atoms with Crippen LogP contribution in [-0.2, 0) is 11.1 Å². The van der Waals surface area contributed by atoms with Crippen molar-refractivity contribution in [2.75, 3.05) is 5.32 Å². The third-order valence-electron chi connectivity index (χ3n) is 3.63. The first-order chi connectivity index (χ1) is 10.1. The van der Waals surface area contributed by atoms with Gasteiger partial charge in [-0.3, -0.25) is 0 Å². The van der Waals surface area contributed by atoms with Gasteiger partial charge in [0.2, 0.25) is 6.23 Å². The summed E-state index contributed by atoms with van der Waals surface area (Å²) in [5.74, 6) is 0.851. The van der Waals surface area contributed by atoms with Gasteiger partial charge in [-0.15, -0.1) is 0 Å². The Kier molecular flexibility index (Phi) is 4.34. The zero-order valence-corrected chi connectivity index (χ0v) is 14.5. The van der Waals surface area contributed by atoms with E-state index in [-0.39, 0.29) is 11.1 Å². The van der Waals surface area contributed by atoms with Crippen LogP contribution in [0.15, 0.2) is 42.7 Å². The molecule has 0 bridgehead atoms. The summed E-state index contributed by atoms with van der Waals surface area (Å²) in [6, 6.07) is 9.78. The zero-order valence-electron chi connectivity index (χ0n) is 14.5. The van der Waals surface area contributed by atoms with E-state index >= 15 is 0 Å². The Hall–Kier alpha value is -1.81. The first kappa shape index (κ1) is 16.6. The molecule has 0 fully saturated rings. The fraction of sp³-hybridized carbons (Fsp3) is 0.500. The number of benzene rings is 1. The van der Waals surface area contributed by atoms with Gasteiger partial charge >= 0.3 is 5.82 Å². The summed E-state index contributed by atoms with van der Waals surface area (Å²) >= 11 is 0. The summed E-state index contributed by atoms with van der Waals surface area (Å²) in [6.07, 6.45) is 3.29. The van der Waals surface area contributed by atoms with Crippen molar-refractivity contribution in [2.45, 2.75) is 58.8 Å². The van der Waals surface area contributed by atoms with E-state index in [4.69, 9.17) is 0 Å². The molecule has 120 valence electrons. The molecule has 1 unspecified atom stereocenters. The van der Waals surface area contributed by atoms with E-state index in [1.807, 2.05) is 42.7 Å². The molecule has 2 N–H and O–H groups in total. The number of hydrogen-bond acceptors (Lipinski definition) is 2. The molecule has 1 atom stereocenters. The highest BCUT2D eigenvalue weighted by Crippen LogP contribution is 2.23. The Morgan fingerprint density at radius 1 is 1.05 bits per heavy atom. The molecule has 22 heavy (non-hydrogen) atoms. The minimum Gasteiger partial charge on any atom is -0.363 e. The van der Waals surface area contributed by atoms with E-state index < -0.39 is 6.23 Å². The van der Waals surface area contributed by atoms with Crippen LogP contribution in [-0.4, -0.2) is 9.67 Å². The first-order valence-electron chi connectivity index (χ1n) is 7.74. The Labute approximate surface area is 133 Å². The fourth-order valence-electron chi connectivity index (χ4n) is 2.56. The van der Waals surface area contributed by atoms with E-state index in [1.54, 1.807) is 0 Å². The Bertz CT molecular complexity index is 587. The quantitative estimate of drug-likeness (QED) is 0.674. The Balaban J connectivity index is 2.45. The third kappa shape index (κ3) is 3.50. The Morgan fingerprint density at radius 2 is 1.64 bits per heavy atom. The normalized spacial score (nSPS) is 14.0. The smallest absolute Gasteiger partial charge is 0.307 e. The lowest BCUT2D eigenvalue weighted by molar-refractivity contribution is -0.762. The van der Waals surface area contributed by atoms with Crippen LogP contribution in [0.2, 0.25) is 0 Å². The van der Waals surface area contributed by atoms with Crippen molar-refractivity contribution in [3.8, 4) is 0 Å². The molecular weight excluding hydrogens is 274 g/mol. The molecule has 1 aromatic carbocycles. The summed E-state index contributed by atoms with van der Waals surface area (Å²) in [4.78, 5) is 0. The molecule has 4 nitrogen and oxygen atoms in total. The average Bonchev–Trinajstić information content (AvgIpc) is 2.84. The van der Waals surface area contributed by atoms with Gasteiger partial charge in [-0.05, 0) is 53.7 Å². The number of hydrogen-bond donors (Lipinski definition) is 2. The molecule has 0 radical (unpaired) electrons. The van der Waals surface area contributed by atoms with E-state index in [2.05, 4.69) is 56.0 Å². The summed E-state index contributed by atoms with van der Waals surface area (Å²) in [5.41, 5.74) is 0.688. The van der Waals surface area contributed by atoms with Crippen molar-refractivity contribution in [1.29, 1.82) is 0 Å². The van der Waals surface area contributed by atoms with Gasteiger partial charge in [0.15, 0.2) is 0 Å². The molecule has 0 saturated heterocycles. The number of aliphatic hydroxyl groups excluding tert-OH is 1. The highest BCUT2D eigenvalue weighted by atomic mass is 16.3. The number of imidazole rings is 1. The van der Waals surface area contributed by atoms with Gasteiger partial charge < -0.3 is 10.4 Å². The lowest BCUT2D eigenvalue weighted by atomic mass is 10.1. The molecule has 0 saturated carbocycles. The molecular formula is C18H28N3O+. The molecule has 0 amide bonds. The van der Waals surface area contributed by atoms with Crippen molar-refractivity contribution >= 4 is 5.69 Å². The van der Waals surface area contributed by atoms with Crippen molar-refractivity contribution in [3.05, 3.63) is 48.5 Å². The first-order valence-corrected chi connectivity index (χ1v) is 7.74. The molecule has 2 rings (SSSR count). The number of para-hydroxylation sites is 1. The van der Waals surface area contributed by atoms with Gasteiger partial charge in [-0.25, -0.2) is 9.13 Å². The summed E-state index contributed by atoms with van der Waals surface area (Å²) in [7, 11) is 0. The van der Waals surface area contributed by atoms with E-state index in [9.17, 15) is 5.11 Å². The van der Waals surface area contributed by atoms with E-state index in [1.165, 1.54) is 0 Å². The van der Waals surface area contributed by atoms with E-state index in [0.29, 0.717) is 0 Å². The standard InChI is InChI=1S/C18H28N3O/c1-17(2,3)20-12-13-21(18(4,5)6)16(20)15(22)19-14-10-8-7-9-11-14/h7-13,15,19,22H,1-6H3/q+1. The number of nitrogens with zero attached hydrogens (tertiary/aromatic N) is 2. The van der Waals surface area contributed by atoms with Crippen molar-refractivity contribution in [3.63, 3.8) is 0 Å². The zero-order chi connectivity index (χ0) is 16.5. The molecule has 1 aromatic heterocycles. The maximum absolute atomic E-state index is 10.8. The maximum atomic E-state index is 10.8. The van der Waals surface area contributed by atoms with Gasteiger partial charge in [0.05, 0.1) is 0 Å². The number of anilines is 1. The van der Waals surface area contributed by atoms with Crippen LogP contribution in [0.4, 0.5) is 5.69 Å². The molecule has 1 heterocycles. The topological polar surface area (TPSA) is 41.1 Å². The molecule has 0 spiro atoms. The number of rotatable bonds is 3. The molecule has 2 aromatic rings. The van der Waals surface area contributed by atoms with Crippen LogP contribution in [0.25, 0.3) is 0 Å². The van der Waals surface area contributed by atoms with Crippen LogP contribution < -0.4 is 9.88 Å². The maximum Gasteiger partial charge on any atom is 0.307 e. The van der Waals surface area contributed by atoms with Crippen LogP contribution >= 0.6 is 0 Å². The predicted molar refractivity (Wildman–Crippen MR) is 89.6 cm³/mol. The number of nitrogens with one attached hydrogen (secondary N) is 1. The highest BCUT2D eigenvalue weighted by molar-refractivity contribution is 5.43. The second-order valence-electron chi connectivity index (χ2n) is 7.65. The lowest BCUT2D eigenvalue weighted by Gasteiger charge is -2.24. The number of aliphatic hydroxyl groups is 1. The summed E-state index contributed by atoms with van der Waals surface area (Å²) in [6.45, 7) is 12.8. The number of aromatic nitrogens is 2. The fourth-order valence-corrected chi connectivity index (χ4v) is 2.56. The van der Waals surface area contributed by atoms with Gasteiger partial charge in [-0.2, -0.15) is 0 Å². The highest BCUT2D eigenvalue weighted by Gasteiger charge is 2.36. The SMILES string of the molecule is CC(C)(C)n1cc[n+](C(C)(C)C)c1C(O)Nc1ccccc1. The van der Waals surface area contributed by atoms with Crippen LogP contribution in [0.3, 0.4) is 0 Å². The van der Waals surface area contributed by atoms with Crippen LogP contribution in [0.5, 0.6) is 0 Å². The van der Waals surface area contributed by atoms with E-state index in [0.717, 1.165) is 11.5 Å². The van der Waals surface area contributed by atoms with Crippen LogP contribution in [0, 0.1) is 0 Å². The van der Waals surface area contributed by atoms with Gasteiger partial charge in [0.25, 0.3) is 0 Å². The van der Waals surface area contributed by atoms with Gasteiger partial charge in [-0.1, -0.05) is 18.2 Å². The Morgan fingerprint density at radius 3 is 2.14 bits per heavy atom. The minimum absolute atomic E-state index is 0.106. The summed E-state index contributed by atoms with van der Waals surface area (Å²) < 4.78 is 4.25. The molecule has 4 heteroatoms. The van der Waals surface area contributed by atoms with Crippen molar-refractivity contribution < 1.29 is 9.67 Å². The molecule has 0 aliphatic heterocycles. The lowest BCUT2D eigenvalue weighted by Crippen LogP contribution is -2.54. The van der Waals surface area contributed by atoms with Crippen molar-refractivity contribution in [2.24, 2.45) is 0 Å². The molecule has 0 aliphatic carbocycles. The third-order valence-corrected chi connectivity index (χ3v) is 3.63. The summed E-state index contributed by atoms with van der Waals surface area (Å²) in [5, 5.41) is 14.0. The van der Waals surface area contributed by atoms with Crippen molar-refractivity contribution in [1.82, 2.24) is 4.57 Å².